The van der Waals surface area contributed by atoms with Crippen LogP contribution >= 0.6 is 0 Å². The molecule has 1 spiro atoms. The first kappa shape index (κ1) is 13.3. The largest absolute Gasteiger partial charge is 0.378 e. The molecule has 3 rings (SSSR count). The molecule has 1 aromatic heterocycles. The lowest BCUT2D eigenvalue weighted by Crippen LogP contribution is -2.64. The van der Waals surface area contributed by atoms with E-state index in [2.05, 4.69) is 15.5 Å². The van der Waals surface area contributed by atoms with Crippen molar-refractivity contribution in [1.29, 1.82) is 0 Å². The van der Waals surface area contributed by atoms with Crippen LogP contribution < -0.4 is 11.1 Å². The Morgan fingerprint density at radius 1 is 1.50 bits per heavy atom. The molecule has 0 saturated heterocycles. The van der Waals surface area contributed by atoms with Gasteiger partial charge in [-0.3, -0.25) is 4.79 Å². The van der Waals surface area contributed by atoms with Crippen molar-refractivity contribution in [2.24, 2.45) is 11.1 Å². The van der Waals surface area contributed by atoms with Gasteiger partial charge in [0.25, 0.3) is 5.91 Å². The third-order valence-electron chi connectivity index (χ3n) is 4.68. The topological polar surface area (TPSA) is 90.1 Å². The van der Waals surface area contributed by atoms with E-state index in [1.54, 1.807) is 12.1 Å². The zero-order valence-corrected chi connectivity index (χ0v) is 11.6. The highest BCUT2D eigenvalue weighted by Crippen LogP contribution is 2.57. The lowest BCUT2D eigenvalue weighted by molar-refractivity contribution is -0.157. The van der Waals surface area contributed by atoms with Gasteiger partial charge in [0.15, 0.2) is 5.69 Å². The van der Waals surface area contributed by atoms with Crippen molar-refractivity contribution in [3.63, 3.8) is 0 Å². The Balaban J connectivity index is 1.65. The van der Waals surface area contributed by atoms with Crippen LogP contribution in [-0.2, 0) is 4.74 Å². The van der Waals surface area contributed by atoms with E-state index in [9.17, 15) is 4.79 Å². The number of nitrogens with one attached hydrogen (secondary N) is 1. The van der Waals surface area contributed by atoms with Crippen LogP contribution in [0.3, 0.4) is 0 Å². The maximum atomic E-state index is 11.0. The fourth-order valence-electron chi connectivity index (χ4n) is 3.36. The van der Waals surface area contributed by atoms with Gasteiger partial charge in [-0.1, -0.05) is 6.42 Å². The highest BCUT2D eigenvalue weighted by Gasteiger charge is 2.59. The number of anilines is 1. The normalized spacial score (nSPS) is 26.6. The molecule has 1 heterocycles. The van der Waals surface area contributed by atoms with Gasteiger partial charge >= 0.3 is 0 Å². The highest BCUT2D eigenvalue weighted by molar-refractivity contribution is 5.90. The van der Waals surface area contributed by atoms with Gasteiger partial charge in [-0.25, -0.2) is 0 Å². The summed E-state index contributed by atoms with van der Waals surface area (Å²) in [7, 11) is 0. The van der Waals surface area contributed by atoms with Gasteiger partial charge in [0.2, 0.25) is 0 Å². The molecule has 1 aromatic rings. The fourth-order valence-corrected chi connectivity index (χ4v) is 3.36. The predicted molar refractivity (Wildman–Crippen MR) is 74.3 cm³/mol. The van der Waals surface area contributed by atoms with Gasteiger partial charge in [0.05, 0.1) is 6.10 Å². The summed E-state index contributed by atoms with van der Waals surface area (Å²) in [5.41, 5.74) is 5.62. The number of nitrogens with zero attached hydrogens (tertiary/aromatic N) is 2. The van der Waals surface area contributed by atoms with E-state index in [0.29, 0.717) is 18.0 Å². The SMILES string of the molecule is CCOC1CC(Nc2ccc(C(N)=O)nn2)C12CCC2. The van der Waals surface area contributed by atoms with E-state index in [-0.39, 0.29) is 11.1 Å². The first-order valence-electron chi connectivity index (χ1n) is 7.17. The average Bonchev–Trinajstić information content (AvgIpc) is 2.36. The molecule has 0 aromatic carbocycles. The first-order valence-corrected chi connectivity index (χ1v) is 7.17. The fraction of sp³-hybridized carbons (Fsp3) is 0.643. The third-order valence-corrected chi connectivity index (χ3v) is 4.68. The van der Waals surface area contributed by atoms with Crippen LogP contribution in [0.1, 0.15) is 43.1 Å². The molecule has 0 radical (unpaired) electrons. The van der Waals surface area contributed by atoms with Crippen LogP contribution in [0.4, 0.5) is 5.82 Å². The Morgan fingerprint density at radius 2 is 2.30 bits per heavy atom. The van der Waals surface area contributed by atoms with Crippen molar-refractivity contribution < 1.29 is 9.53 Å². The second-order valence-corrected chi connectivity index (χ2v) is 5.63. The number of hydrogen-bond acceptors (Lipinski definition) is 5. The van der Waals surface area contributed by atoms with Crippen LogP contribution in [0.2, 0.25) is 0 Å². The van der Waals surface area contributed by atoms with Gasteiger partial charge in [-0.2, -0.15) is 0 Å². The maximum absolute atomic E-state index is 11.0. The third kappa shape index (κ3) is 2.04. The molecule has 2 fully saturated rings. The van der Waals surface area contributed by atoms with E-state index in [4.69, 9.17) is 10.5 Å². The van der Waals surface area contributed by atoms with Gasteiger partial charge < -0.3 is 15.8 Å². The molecule has 6 heteroatoms. The summed E-state index contributed by atoms with van der Waals surface area (Å²) in [4.78, 5) is 11.0. The Morgan fingerprint density at radius 3 is 2.80 bits per heavy atom. The number of amides is 1. The highest BCUT2D eigenvalue weighted by atomic mass is 16.5. The van der Waals surface area contributed by atoms with Crippen LogP contribution in [0.5, 0.6) is 0 Å². The number of ether oxygens (including phenoxy) is 1. The van der Waals surface area contributed by atoms with Crippen LogP contribution in [0, 0.1) is 5.41 Å². The molecular formula is C14H20N4O2. The smallest absolute Gasteiger partial charge is 0.269 e. The molecule has 6 nitrogen and oxygen atoms in total. The number of nitrogens with two attached hydrogens (primary N) is 1. The maximum Gasteiger partial charge on any atom is 0.269 e. The number of rotatable bonds is 5. The van der Waals surface area contributed by atoms with Crippen LogP contribution in [-0.4, -0.2) is 34.9 Å². The first-order chi connectivity index (χ1) is 9.65. The van der Waals surface area contributed by atoms with Crippen molar-refractivity contribution in [2.75, 3.05) is 11.9 Å². The Kier molecular flexibility index (Phi) is 3.33. The number of hydrogen-bond donors (Lipinski definition) is 2. The summed E-state index contributed by atoms with van der Waals surface area (Å²) in [6, 6.07) is 3.75. The molecule has 2 unspecified atom stereocenters. The molecule has 0 bridgehead atoms. The van der Waals surface area contributed by atoms with E-state index < -0.39 is 5.91 Å². The average molecular weight is 276 g/mol. The number of carbonyl (C=O) groups excluding carboxylic acids is 1. The number of carbonyl (C=O) groups is 1. The van der Waals surface area contributed by atoms with Crippen LogP contribution in [0.15, 0.2) is 12.1 Å². The summed E-state index contributed by atoms with van der Waals surface area (Å²) < 4.78 is 5.82. The lowest BCUT2D eigenvalue weighted by Gasteiger charge is -2.61. The summed E-state index contributed by atoms with van der Waals surface area (Å²) in [5.74, 6) is 0.140. The van der Waals surface area contributed by atoms with Gasteiger partial charge in [-0.05, 0) is 38.3 Å². The number of aromatic nitrogens is 2. The Labute approximate surface area is 118 Å². The summed E-state index contributed by atoms with van der Waals surface area (Å²) in [5, 5.41) is 11.3. The summed E-state index contributed by atoms with van der Waals surface area (Å²) in [6.07, 6.45) is 5.07. The standard InChI is InChI=1S/C14H20N4O2/c1-2-20-11-8-10(14(11)6-3-7-14)16-12-5-4-9(13(15)19)17-18-12/h4-5,10-11H,2-3,6-8H2,1H3,(H2,15,19)(H,16,18). The second-order valence-electron chi connectivity index (χ2n) is 5.63. The predicted octanol–water partition coefficient (Wildman–Crippen LogP) is 1.34. The Bertz CT molecular complexity index is 498. The summed E-state index contributed by atoms with van der Waals surface area (Å²) in [6.45, 7) is 2.81. The molecule has 2 saturated carbocycles. The molecule has 1 amide bonds. The summed E-state index contributed by atoms with van der Waals surface area (Å²) >= 11 is 0. The quantitative estimate of drug-likeness (QED) is 0.847. The van der Waals surface area contributed by atoms with Crippen molar-refractivity contribution in [1.82, 2.24) is 10.2 Å². The van der Waals surface area contributed by atoms with Crippen molar-refractivity contribution in [2.45, 2.75) is 44.8 Å². The van der Waals surface area contributed by atoms with E-state index in [1.165, 1.54) is 19.3 Å². The number of primary amides is 1. The molecule has 3 N–H and O–H groups in total. The van der Waals surface area contributed by atoms with Crippen LogP contribution in [0.25, 0.3) is 0 Å². The molecule has 108 valence electrons. The molecular weight excluding hydrogens is 256 g/mol. The lowest BCUT2D eigenvalue weighted by atomic mass is 9.51. The monoisotopic (exact) mass is 276 g/mol. The zero-order chi connectivity index (χ0) is 14.2. The molecule has 2 aliphatic carbocycles. The minimum absolute atomic E-state index is 0.190. The molecule has 2 atom stereocenters. The van der Waals surface area contributed by atoms with Gasteiger partial charge in [0, 0.05) is 18.1 Å². The van der Waals surface area contributed by atoms with E-state index in [0.717, 1.165) is 13.0 Å². The van der Waals surface area contributed by atoms with Crippen molar-refractivity contribution in [3.05, 3.63) is 17.8 Å². The van der Waals surface area contributed by atoms with Gasteiger partial charge in [0.1, 0.15) is 5.82 Å². The minimum atomic E-state index is -0.556. The Hall–Kier alpha value is -1.69. The van der Waals surface area contributed by atoms with E-state index in [1.807, 2.05) is 6.92 Å². The van der Waals surface area contributed by atoms with E-state index >= 15 is 0 Å². The minimum Gasteiger partial charge on any atom is -0.378 e. The zero-order valence-electron chi connectivity index (χ0n) is 11.6. The molecule has 20 heavy (non-hydrogen) atoms. The van der Waals surface area contributed by atoms with Crippen molar-refractivity contribution in [3.8, 4) is 0 Å². The second kappa shape index (κ2) is 5.01. The van der Waals surface area contributed by atoms with Gasteiger partial charge in [-0.15, -0.1) is 10.2 Å². The molecule has 0 aliphatic heterocycles. The van der Waals surface area contributed by atoms with Crippen molar-refractivity contribution >= 4 is 11.7 Å². The molecule has 2 aliphatic rings.